The van der Waals surface area contributed by atoms with Crippen molar-refractivity contribution in [3.05, 3.63) is 113 Å². The van der Waals surface area contributed by atoms with Crippen LogP contribution in [0.3, 0.4) is 0 Å². The molecule has 0 saturated heterocycles. The number of fused-ring (bicyclic) bond motifs is 2. The second-order valence-electron chi connectivity index (χ2n) is 10.2. The number of hydrogen-bond acceptors (Lipinski definition) is 12. The number of anilines is 2. The van der Waals surface area contributed by atoms with E-state index in [0.717, 1.165) is 40.3 Å². The molecule has 7 N–H and O–H groups in total. The number of phenolic OH excluding ortho intramolecular Hbond substituents is 1. The van der Waals surface area contributed by atoms with Gasteiger partial charge in [0.05, 0.1) is 15.5 Å². The zero-order valence-electron chi connectivity index (χ0n) is 25.9. The summed E-state index contributed by atoms with van der Waals surface area (Å²) in [5, 5.41) is 41.2. The van der Waals surface area contributed by atoms with Crippen LogP contribution in [-0.2, 0) is 46.4 Å². The number of hydrogen-bond donors (Lipinski definition) is 5. The van der Waals surface area contributed by atoms with E-state index in [4.69, 9.17) is 10.3 Å². The molecule has 0 atom stereocenters. The van der Waals surface area contributed by atoms with Crippen LogP contribution in [0.1, 0.15) is 11.1 Å². The summed E-state index contributed by atoms with van der Waals surface area (Å²) < 4.78 is 45.5. The van der Waals surface area contributed by atoms with Crippen LogP contribution in [0.25, 0.3) is 18.2 Å². The van der Waals surface area contributed by atoms with Gasteiger partial charge in [0.2, 0.25) is 31.6 Å². The predicted octanol–water partition coefficient (Wildman–Crippen LogP) is -2.53. The van der Waals surface area contributed by atoms with Crippen molar-refractivity contribution >= 4 is 72.6 Å². The molecule has 0 saturated carbocycles. The molecule has 0 aromatic heterocycles. The van der Waals surface area contributed by atoms with Crippen LogP contribution in [0.5, 0.6) is 11.5 Å². The molecule has 4 aromatic carbocycles. The van der Waals surface area contributed by atoms with E-state index < -0.39 is 25.8 Å². The number of allylic oxidation sites excluding steroid dienone is 1. The number of primary sulfonamides is 2. The number of nitrogens with two attached hydrogens (primary N) is 2. The maximum absolute atomic E-state index is 12.1. The first kappa shape index (κ1) is 39.6. The molecular weight excluding hydrogens is 726 g/mol. The summed E-state index contributed by atoms with van der Waals surface area (Å²) >= 11 is 0. The van der Waals surface area contributed by atoms with Crippen LogP contribution in [0.4, 0.5) is 11.4 Å². The third-order valence-corrected chi connectivity index (χ3v) is 8.67. The standard InChI is InChI=1S/2C16H13N3O4S.Co.Li/c17-24(22,23)11-6-8-14(20)13(9-11)18-19-16-12-4-2-1-3-10(12)5-7-15(16)21;17-24(22,23)12-5-6-15(20)14(9-12)19-18-13-7-10-3-1-2-4-11(10)8-16(13)21;;/h1-9,18,20H,(H2,17,22,23);1-9,19-20H,(H2,17,22,23);;/q;;;+1/p-1. The van der Waals surface area contributed by atoms with Crippen LogP contribution >= 0.6 is 0 Å². The van der Waals surface area contributed by atoms with Gasteiger partial charge in [-0.2, -0.15) is 10.2 Å². The molecule has 253 valence electrons. The van der Waals surface area contributed by atoms with Gasteiger partial charge in [-0.15, -0.1) is 0 Å². The summed E-state index contributed by atoms with van der Waals surface area (Å²) in [5.74, 6) is -1.32. The number of rotatable bonds is 6. The summed E-state index contributed by atoms with van der Waals surface area (Å²) in [7, 11) is -7.87. The van der Waals surface area contributed by atoms with E-state index in [-0.39, 0.29) is 85.5 Å². The molecule has 0 aliphatic heterocycles. The number of phenols is 1. The monoisotopic (exact) mass is 751 g/mol. The number of nitrogens with zero attached hydrogens (tertiary/aromatic N) is 2. The normalized spacial score (nSPS) is 14.8. The van der Waals surface area contributed by atoms with E-state index >= 15 is 0 Å². The first-order valence-corrected chi connectivity index (χ1v) is 16.8. The largest absolute Gasteiger partial charge is 1.00 e. The van der Waals surface area contributed by atoms with E-state index in [2.05, 4.69) is 21.1 Å². The molecule has 6 rings (SSSR count). The van der Waals surface area contributed by atoms with Crippen LogP contribution in [0, 0.1) is 0 Å². The van der Waals surface area contributed by atoms with Crippen molar-refractivity contribution in [2.45, 2.75) is 9.79 Å². The van der Waals surface area contributed by atoms with E-state index in [1.807, 2.05) is 30.3 Å². The molecule has 0 unspecified atom stereocenters. The molecule has 0 spiro atoms. The topological polar surface area (TPSA) is 247 Å². The number of nitrogens with one attached hydrogen (secondary N) is 2. The zero-order chi connectivity index (χ0) is 34.6. The molecule has 2 aliphatic carbocycles. The molecular formula is C32H25CoLiN6O8S2. The van der Waals surface area contributed by atoms with Gasteiger partial charge in [0.15, 0.2) is 0 Å². The summed E-state index contributed by atoms with van der Waals surface area (Å²) in [5.41, 5.74) is 6.64. The average molecular weight is 752 g/mol. The molecule has 50 heavy (non-hydrogen) atoms. The van der Waals surface area contributed by atoms with E-state index in [9.17, 15) is 36.6 Å². The van der Waals surface area contributed by atoms with Gasteiger partial charge in [-0.3, -0.25) is 20.4 Å². The minimum Gasteiger partial charge on any atom is -0.871 e. The van der Waals surface area contributed by atoms with Gasteiger partial charge in [-0.25, -0.2) is 27.1 Å². The Morgan fingerprint density at radius 1 is 0.680 bits per heavy atom. The maximum Gasteiger partial charge on any atom is 1.00 e. The van der Waals surface area contributed by atoms with Crippen molar-refractivity contribution in [2.75, 3.05) is 10.9 Å². The molecule has 0 fully saturated rings. The quantitative estimate of drug-likeness (QED) is 0.0786. The Labute approximate surface area is 308 Å². The Balaban J connectivity index is 0.000000260. The van der Waals surface area contributed by atoms with E-state index in [1.165, 1.54) is 24.3 Å². The molecule has 2 aliphatic rings. The van der Waals surface area contributed by atoms with Gasteiger partial charge < -0.3 is 10.2 Å². The number of carbonyl (C=O) groups is 2. The fourth-order valence-electron chi connectivity index (χ4n) is 4.44. The molecule has 18 heteroatoms. The van der Waals surface area contributed by atoms with Gasteiger partial charge in [0.25, 0.3) is 0 Å². The fourth-order valence-corrected chi connectivity index (χ4v) is 5.52. The van der Waals surface area contributed by atoms with Crippen LogP contribution in [0.2, 0.25) is 0 Å². The summed E-state index contributed by atoms with van der Waals surface area (Å²) in [6, 6.07) is 21.2. The van der Waals surface area contributed by atoms with Crippen molar-refractivity contribution in [1.29, 1.82) is 0 Å². The molecule has 0 heterocycles. The number of ketones is 2. The van der Waals surface area contributed by atoms with E-state index in [1.54, 1.807) is 30.4 Å². The third kappa shape index (κ3) is 9.44. The Bertz CT molecular complexity index is 2440. The van der Waals surface area contributed by atoms with E-state index in [0.29, 0.717) is 5.56 Å². The van der Waals surface area contributed by atoms with Gasteiger partial charge >= 0.3 is 18.9 Å². The van der Waals surface area contributed by atoms with Crippen molar-refractivity contribution in [3.8, 4) is 11.5 Å². The molecule has 0 amide bonds. The molecule has 4 aromatic rings. The second kappa shape index (κ2) is 16.2. The summed E-state index contributed by atoms with van der Waals surface area (Å²) in [6.45, 7) is 0. The Morgan fingerprint density at radius 2 is 1.24 bits per heavy atom. The minimum absolute atomic E-state index is 0. The molecule has 1 radical (unpaired) electrons. The van der Waals surface area contributed by atoms with Crippen LogP contribution in [0.15, 0.2) is 111 Å². The number of benzene rings is 4. The first-order chi connectivity index (χ1) is 22.7. The van der Waals surface area contributed by atoms with Crippen molar-refractivity contribution in [1.82, 2.24) is 0 Å². The number of carbonyl (C=O) groups excluding carboxylic acids is 2. The van der Waals surface area contributed by atoms with Crippen molar-refractivity contribution in [2.24, 2.45) is 20.5 Å². The number of aromatic hydroxyl groups is 1. The molecule has 0 bridgehead atoms. The van der Waals surface area contributed by atoms with Gasteiger partial charge in [-0.1, -0.05) is 66.4 Å². The Hall–Kier alpha value is -4.84. The first-order valence-electron chi connectivity index (χ1n) is 13.7. The Morgan fingerprint density at radius 3 is 1.90 bits per heavy atom. The van der Waals surface area contributed by atoms with Gasteiger partial charge in [0.1, 0.15) is 17.2 Å². The summed E-state index contributed by atoms with van der Waals surface area (Å²) in [6.07, 6.45) is 6.10. The molecule has 14 nitrogen and oxygen atoms in total. The average Bonchev–Trinajstić information content (AvgIpc) is 3.04. The third-order valence-electron chi connectivity index (χ3n) is 6.85. The number of Topliss-reactive ketones (excluding diaryl/α,β-unsaturated/α-hetero) is 1. The smallest absolute Gasteiger partial charge is 0.871 e. The Kier molecular flexibility index (Phi) is 12.9. The van der Waals surface area contributed by atoms with Crippen molar-refractivity contribution in [3.63, 3.8) is 0 Å². The second-order valence-corrected chi connectivity index (χ2v) is 13.3. The fraction of sp³-hybridized carbons (Fsp3) is 0. The number of sulfonamides is 2. The van der Waals surface area contributed by atoms with Crippen molar-refractivity contribution < 1.29 is 72.3 Å². The summed E-state index contributed by atoms with van der Waals surface area (Å²) in [4.78, 5) is 23.7. The van der Waals surface area contributed by atoms with Crippen LogP contribution in [-0.4, -0.2) is 44.9 Å². The number of hydrazone groups is 2. The maximum atomic E-state index is 12.1. The van der Waals surface area contributed by atoms with Gasteiger partial charge in [0, 0.05) is 28.0 Å². The van der Waals surface area contributed by atoms with Gasteiger partial charge in [-0.05, 0) is 64.6 Å². The predicted molar refractivity (Wildman–Crippen MR) is 178 cm³/mol. The van der Waals surface area contributed by atoms with Crippen LogP contribution < -0.4 is 55.5 Å². The SMILES string of the molecule is NS(=O)(=O)c1ccc(O)c(NN=C2C(=O)C=Cc3ccccc32)c1.NS(=O)(=O)c1ccc([O-])c(NN=C2C=c3ccccc3=CC2=O)c1.[Co].[Li+]. The zero-order valence-corrected chi connectivity index (χ0v) is 28.6. The minimum atomic E-state index is -3.94.